The number of hydrogen-bond acceptors (Lipinski definition) is 3. The molecule has 2 unspecified atom stereocenters. The first-order chi connectivity index (χ1) is 4.90. The average Bonchev–Trinajstić information content (AvgIpc) is 2.42. The summed E-state index contributed by atoms with van der Waals surface area (Å²) in [5.41, 5.74) is 0. The standard InChI is InChI=1S/C7H14N2S/c10-4-7-8-5-2-1-3-6(5)9-7/h5-10H,1-4H2. The maximum Gasteiger partial charge on any atom is 0.0667 e. The van der Waals surface area contributed by atoms with Crippen LogP contribution in [0.25, 0.3) is 0 Å². The van der Waals surface area contributed by atoms with Gasteiger partial charge in [-0.2, -0.15) is 12.6 Å². The van der Waals surface area contributed by atoms with Crippen LogP contribution in [0, 0.1) is 0 Å². The van der Waals surface area contributed by atoms with Gasteiger partial charge in [0, 0.05) is 17.8 Å². The number of fused-ring (bicyclic) bond motifs is 1. The molecule has 0 radical (unpaired) electrons. The largest absolute Gasteiger partial charge is 0.297 e. The van der Waals surface area contributed by atoms with Gasteiger partial charge < -0.3 is 0 Å². The fourth-order valence-electron chi connectivity index (χ4n) is 2.03. The van der Waals surface area contributed by atoms with Crippen LogP contribution in [0.4, 0.5) is 0 Å². The predicted octanol–water partition coefficient (Wildman–Crippen LogP) is 0.356. The topological polar surface area (TPSA) is 24.1 Å². The maximum absolute atomic E-state index is 4.23. The number of rotatable bonds is 1. The van der Waals surface area contributed by atoms with Crippen molar-refractivity contribution in [3.63, 3.8) is 0 Å². The Kier molecular flexibility index (Phi) is 1.89. The summed E-state index contributed by atoms with van der Waals surface area (Å²) in [4.78, 5) is 0. The fraction of sp³-hybridized carbons (Fsp3) is 1.00. The Hall–Kier alpha value is 0.270. The van der Waals surface area contributed by atoms with Crippen LogP contribution in [0.5, 0.6) is 0 Å². The summed E-state index contributed by atoms with van der Waals surface area (Å²) in [6.45, 7) is 0. The van der Waals surface area contributed by atoms with Crippen molar-refractivity contribution in [2.75, 3.05) is 5.75 Å². The summed E-state index contributed by atoms with van der Waals surface area (Å²) in [6, 6.07) is 1.49. The molecule has 1 aliphatic carbocycles. The monoisotopic (exact) mass is 158 g/mol. The second-order valence-corrected chi connectivity index (χ2v) is 3.58. The van der Waals surface area contributed by atoms with E-state index in [-0.39, 0.29) is 0 Å². The van der Waals surface area contributed by atoms with Crippen LogP contribution in [0.1, 0.15) is 19.3 Å². The lowest BCUT2D eigenvalue weighted by Gasteiger charge is -2.08. The van der Waals surface area contributed by atoms with Crippen LogP contribution in [-0.2, 0) is 0 Å². The van der Waals surface area contributed by atoms with Crippen molar-refractivity contribution >= 4 is 12.6 Å². The van der Waals surface area contributed by atoms with Gasteiger partial charge in [0.15, 0.2) is 0 Å². The van der Waals surface area contributed by atoms with E-state index in [1.54, 1.807) is 0 Å². The molecule has 2 fully saturated rings. The lowest BCUT2D eigenvalue weighted by molar-refractivity contribution is 0.538. The van der Waals surface area contributed by atoms with Crippen molar-refractivity contribution < 1.29 is 0 Å². The molecule has 1 saturated carbocycles. The first-order valence-electron chi connectivity index (χ1n) is 4.03. The van der Waals surface area contributed by atoms with E-state index in [1.165, 1.54) is 19.3 Å². The molecule has 2 aliphatic rings. The highest BCUT2D eigenvalue weighted by molar-refractivity contribution is 7.80. The predicted molar refractivity (Wildman–Crippen MR) is 45.3 cm³/mol. The summed E-state index contributed by atoms with van der Waals surface area (Å²) in [6.07, 6.45) is 4.55. The molecular formula is C7H14N2S. The smallest absolute Gasteiger partial charge is 0.0667 e. The minimum absolute atomic E-state index is 0.471. The van der Waals surface area contributed by atoms with E-state index < -0.39 is 0 Å². The molecule has 1 heterocycles. The molecule has 2 N–H and O–H groups in total. The van der Waals surface area contributed by atoms with Gasteiger partial charge in [-0.05, 0) is 12.8 Å². The summed E-state index contributed by atoms with van der Waals surface area (Å²) in [5, 5.41) is 7.03. The van der Waals surface area contributed by atoms with Crippen molar-refractivity contribution in [1.82, 2.24) is 10.6 Å². The van der Waals surface area contributed by atoms with Gasteiger partial charge in [-0.25, -0.2) is 0 Å². The van der Waals surface area contributed by atoms with E-state index in [1.807, 2.05) is 0 Å². The molecule has 1 saturated heterocycles. The zero-order valence-corrected chi connectivity index (χ0v) is 6.90. The molecule has 0 spiro atoms. The maximum atomic E-state index is 4.23. The summed E-state index contributed by atoms with van der Waals surface area (Å²) in [5.74, 6) is 0.910. The van der Waals surface area contributed by atoms with Crippen LogP contribution >= 0.6 is 12.6 Å². The van der Waals surface area contributed by atoms with Gasteiger partial charge in [-0.15, -0.1) is 0 Å². The molecule has 2 rings (SSSR count). The third-order valence-electron chi connectivity index (χ3n) is 2.53. The Labute approximate surface area is 67.2 Å². The Morgan fingerprint density at radius 2 is 1.80 bits per heavy atom. The second-order valence-electron chi connectivity index (χ2n) is 3.21. The van der Waals surface area contributed by atoms with Crippen LogP contribution in [-0.4, -0.2) is 24.0 Å². The third-order valence-corrected chi connectivity index (χ3v) is 2.89. The van der Waals surface area contributed by atoms with Gasteiger partial charge in [-0.1, -0.05) is 6.42 Å². The van der Waals surface area contributed by atoms with E-state index in [9.17, 15) is 0 Å². The minimum Gasteiger partial charge on any atom is -0.297 e. The Balaban J connectivity index is 1.94. The van der Waals surface area contributed by atoms with E-state index in [4.69, 9.17) is 0 Å². The van der Waals surface area contributed by atoms with Crippen LogP contribution in [0.2, 0.25) is 0 Å². The highest BCUT2D eigenvalue weighted by Gasteiger charge is 2.35. The molecule has 2 nitrogen and oxygen atoms in total. The minimum atomic E-state index is 0.471. The van der Waals surface area contributed by atoms with Crippen molar-refractivity contribution in [1.29, 1.82) is 0 Å². The van der Waals surface area contributed by atoms with Gasteiger partial charge in [0.05, 0.1) is 6.17 Å². The highest BCUT2D eigenvalue weighted by Crippen LogP contribution is 2.23. The number of hydrogen-bond donors (Lipinski definition) is 3. The molecule has 0 bridgehead atoms. The van der Waals surface area contributed by atoms with Crippen molar-refractivity contribution in [2.45, 2.75) is 37.5 Å². The Morgan fingerprint density at radius 1 is 1.20 bits per heavy atom. The number of thiol groups is 1. The normalized spacial score (nSPS) is 45.9. The van der Waals surface area contributed by atoms with E-state index in [2.05, 4.69) is 23.3 Å². The first kappa shape index (κ1) is 6.95. The first-order valence-corrected chi connectivity index (χ1v) is 4.66. The molecule has 0 aromatic heterocycles. The van der Waals surface area contributed by atoms with Crippen LogP contribution in [0.15, 0.2) is 0 Å². The van der Waals surface area contributed by atoms with Gasteiger partial charge in [0.1, 0.15) is 0 Å². The quantitative estimate of drug-likeness (QED) is 0.480. The second kappa shape index (κ2) is 2.72. The molecule has 0 aromatic carbocycles. The van der Waals surface area contributed by atoms with Gasteiger partial charge >= 0.3 is 0 Å². The van der Waals surface area contributed by atoms with Crippen LogP contribution in [0.3, 0.4) is 0 Å². The van der Waals surface area contributed by atoms with Crippen molar-refractivity contribution in [3.8, 4) is 0 Å². The van der Waals surface area contributed by atoms with E-state index in [0.29, 0.717) is 6.17 Å². The molecule has 10 heavy (non-hydrogen) atoms. The van der Waals surface area contributed by atoms with E-state index >= 15 is 0 Å². The van der Waals surface area contributed by atoms with Crippen molar-refractivity contribution in [2.24, 2.45) is 0 Å². The SMILES string of the molecule is SCC1NC2CCCC2N1. The molecule has 2 atom stereocenters. The molecule has 3 heteroatoms. The van der Waals surface area contributed by atoms with Gasteiger partial charge in [0.2, 0.25) is 0 Å². The van der Waals surface area contributed by atoms with Gasteiger partial charge in [-0.3, -0.25) is 10.6 Å². The molecular weight excluding hydrogens is 144 g/mol. The molecule has 1 aliphatic heterocycles. The fourth-order valence-corrected chi connectivity index (χ4v) is 2.24. The lowest BCUT2D eigenvalue weighted by Crippen LogP contribution is -2.35. The molecule has 0 aromatic rings. The zero-order chi connectivity index (χ0) is 6.97. The average molecular weight is 158 g/mol. The van der Waals surface area contributed by atoms with Crippen LogP contribution < -0.4 is 10.6 Å². The van der Waals surface area contributed by atoms with Crippen molar-refractivity contribution in [3.05, 3.63) is 0 Å². The molecule has 0 amide bonds. The van der Waals surface area contributed by atoms with E-state index in [0.717, 1.165) is 17.8 Å². The summed E-state index contributed by atoms with van der Waals surface area (Å²) < 4.78 is 0. The molecule has 58 valence electrons. The third kappa shape index (κ3) is 1.06. The Morgan fingerprint density at radius 3 is 2.30 bits per heavy atom. The highest BCUT2D eigenvalue weighted by atomic mass is 32.1. The number of nitrogens with one attached hydrogen (secondary N) is 2. The summed E-state index contributed by atoms with van der Waals surface area (Å²) >= 11 is 4.23. The van der Waals surface area contributed by atoms with Gasteiger partial charge in [0.25, 0.3) is 0 Å². The summed E-state index contributed by atoms with van der Waals surface area (Å²) in [7, 11) is 0. The zero-order valence-electron chi connectivity index (χ0n) is 6.01. The Bertz CT molecular complexity index is 117. The lowest BCUT2D eigenvalue weighted by atomic mass is 10.2.